The fourth-order valence-electron chi connectivity index (χ4n) is 4.03. The van der Waals surface area contributed by atoms with Crippen LogP contribution in [0.25, 0.3) is 32.5 Å². The van der Waals surface area contributed by atoms with Crippen LogP contribution >= 0.6 is 11.3 Å². The van der Waals surface area contributed by atoms with Gasteiger partial charge in [0, 0.05) is 35.9 Å². The summed E-state index contributed by atoms with van der Waals surface area (Å²) in [5.74, 6) is 0. The minimum Gasteiger partial charge on any atom is -0.360 e. The van der Waals surface area contributed by atoms with E-state index in [4.69, 9.17) is 10.7 Å². The summed E-state index contributed by atoms with van der Waals surface area (Å²) in [6.07, 6.45) is -0.270. The van der Waals surface area contributed by atoms with Crippen molar-refractivity contribution in [1.82, 2.24) is 9.97 Å². The van der Waals surface area contributed by atoms with E-state index in [-0.39, 0.29) is 6.04 Å². The van der Waals surface area contributed by atoms with Gasteiger partial charge < -0.3 is 11.1 Å². The number of thiazole rings is 1. The van der Waals surface area contributed by atoms with Gasteiger partial charge >= 0.3 is 6.18 Å². The van der Waals surface area contributed by atoms with Crippen molar-refractivity contribution in [3.05, 3.63) is 102 Å². The summed E-state index contributed by atoms with van der Waals surface area (Å²) >= 11 is 1.55. The second kappa shape index (κ2) is 10.1. The zero-order chi connectivity index (χ0) is 25.1. The van der Waals surface area contributed by atoms with Gasteiger partial charge in [-0.25, -0.2) is 4.98 Å². The Hall–Kier alpha value is -3.75. The average Bonchev–Trinajstić information content (AvgIpc) is 3.32. The molecular weight excluding hydrogens is 481 g/mol. The highest BCUT2D eigenvalue weighted by molar-refractivity contribution is 7.19. The van der Waals surface area contributed by atoms with Crippen LogP contribution in [0.2, 0.25) is 0 Å². The highest BCUT2D eigenvalue weighted by atomic mass is 32.1. The molecule has 3 N–H and O–H groups in total. The van der Waals surface area contributed by atoms with Gasteiger partial charge in [0.25, 0.3) is 0 Å². The summed E-state index contributed by atoms with van der Waals surface area (Å²) in [5.41, 5.74) is 9.35. The largest absolute Gasteiger partial charge is 0.416 e. The van der Waals surface area contributed by atoms with E-state index in [1.54, 1.807) is 17.5 Å². The first-order valence-electron chi connectivity index (χ1n) is 11.4. The van der Waals surface area contributed by atoms with Gasteiger partial charge in [0.05, 0.1) is 16.1 Å². The lowest BCUT2D eigenvalue weighted by atomic mass is 10.0. The summed E-state index contributed by atoms with van der Waals surface area (Å²) in [4.78, 5) is 10.1. The summed E-state index contributed by atoms with van der Waals surface area (Å²) < 4.78 is 38.4. The lowest BCUT2D eigenvalue weighted by Crippen LogP contribution is -2.31. The third-order valence-electron chi connectivity index (χ3n) is 5.87. The second-order valence-corrected chi connectivity index (χ2v) is 9.54. The van der Waals surface area contributed by atoms with E-state index in [9.17, 15) is 13.2 Å². The molecule has 0 bridgehead atoms. The Bertz CT molecular complexity index is 1460. The average molecular weight is 505 g/mol. The van der Waals surface area contributed by atoms with Crippen LogP contribution in [-0.2, 0) is 12.6 Å². The molecule has 36 heavy (non-hydrogen) atoms. The van der Waals surface area contributed by atoms with Crippen molar-refractivity contribution < 1.29 is 13.2 Å². The molecule has 0 aliphatic carbocycles. The van der Waals surface area contributed by atoms with E-state index in [0.717, 1.165) is 55.3 Å². The number of pyridine rings is 1. The molecule has 0 saturated heterocycles. The smallest absolute Gasteiger partial charge is 0.360 e. The summed E-state index contributed by atoms with van der Waals surface area (Å²) in [6, 6.07) is 23.1. The summed E-state index contributed by atoms with van der Waals surface area (Å²) in [5, 5.41) is 6.24. The van der Waals surface area contributed by atoms with Crippen LogP contribution in [0.5, 0.6) is 0 Å². The maximum Gasteiger partial charge on any atom is 0.416 e. The number of anilines is 1. The van der Waals surface area contributed by atoms with Crippen molar-refractivity contribution in [1.29, 1.82) is 0 Å². The van der Waals surface area contributed by atoms with Crippen LogP contribution in [0.3, 0.4) is 0 Å². The van der Waals surface area contributed by atoms with Crippen molar-refractivity contribution in [2.24, 2.45) is 5.73 Å². The lowest BCUT2D eigenvalue weighted by molar-refractivity contribution is -0.137. The number of halogens is 3. The van der Waals surface area contributed by atoms with Crippen molar-refractivity contribution in [2.45, 2.75) is 18.6 Å². The van der Waals surface area contributed by atoms with Crippen LogP contribution < -0.4 is 11.1 Å². The van der Waals surface area contributed by atoms with E-state index in [2.05, 4.69) is 28.5 Å². The Morgan fingerprint density at radius 2 is 1.67 bits per heavy atom. The van der Waals surface area contributed by atoms with Crippen molar-refractivity contribution in [2.75, 3.05) is 11.9 Å². The SMILES string of the molecule is N[C@H](CNc1nc(-c2ccccc2)c(-c2ccc3cnccc3c2)s1)Cc1ccc(C(F)(F)F)cc1. The van der Waals surface area contributed by atoms with Gasteiger partial charge in [-0.1, -0.05) is 65.9 Å². The fourth-order valence-corrected chi connectivity index (χ4v) is 5.02. The zero-order valence-electron chi connectivity index (χ0n) is 19.2. The molecule has 2 aromatic heterocycles. The molecular formula is C28H23F3N4S. The highest BCUT2D eigenvalue weighted by Gasteiger charge is 2.30. The molecule has 0 saturated carbocycles. The van der Waals surface area contributed by atoms with Crippen molar-refractivity contribution in [3.63, 3.8) is 0 Å². The molecule has 0 aliphatic heterocycles. The standard InChI is InChI=1S/C28H23F3N4S/c29-28(30,31)23-10-6-18(7-11-23)14-24(32)17-34-27-35-25(19-4-2-1-3-5-19)26(36-27)21-8-9-22-16-33-13-12-20(22)15-21/h1-13,15-16,24H,14,17,32H2,(H,34,35)/t24-/m0/s1. The molecule has 5 rings (SSSR count). The molecule has 0 spiro atoms. The predicted octanol–water partition coefficient (Wildman–Crippen LogP) is 7.03. The molecule has 182 valence electrons. The van der Waals surface area contributed by atoms with E-state index in [1.165, 1.54) is 12.1 Å². The number of nitrogens with zero attached hydrogens (tertiary/aromatic N) is 2. The zero-order valence-corrected chi connectivity index (χ0v) is 20.0. The Labute approximate surface area is 210 Å². The van der Waals surface area contributed by atoms with Crippen LogP contribution in [0.4, 0.5) is 18.3 Å². The Balaban J connectivity index is 1.36. The molecule has 0 unspecified atom stereocenters. The Kier molecular flexibility index (Phi) is 6.71. The van der Waals surface area contributed by atoms with Gasteiger partial charge in [-0.2, -0.15) is 13.2 Å². The molecule has 0 aliphatic rings. The third-order valence-corrected chi connectivity index (χ3v) is 6.93. The topological polar surface area (TPSA) is 63.8 Å². The predicted molar refractivity (Wildman–Crippen MR) is 140 cm³/mol. The number of hydrogen-bond acceptors (Lipinski definition) is 5. The van der Waals surface area contributed by atoms with Gasteiger partial charge in [-0.15, -0.1) is 0 Å². The van der Waals surface area contributed by atoms with Gasteiger partial charge in [0.1, 0.15) is 0 Å². The molecule has 2 heterocycles. The second-order valence-electron chi connectivity index (χ2n) is 8.54. The quantitative estimate of drug-likeness (QED) is 0.250. The third kappa shape index (κ3) is 5.40. The maximum absolute atomic E-state index is 12.8. The number of aromatic nitrogens is 2. The monoisotopic (exact) mass is 504 g/mol. The van der Waals surface area contributed by atoms with E-state index in [0.29, 0.717) is 13.0 Å². The van der Waals surface area contributed by atoms with Crippen LogP contribution in [0, 0.1) is 0 Å². The fraction of sp³-hybridized carbons (Fsp3) is 0.143. The van der Waals surface area contributed by atoms with Gasteiger partial charge in [0.15, 0.2) is 5.13 Å². The highest BCUT2D eigenvalue weighted by Crippen LogP contribution is 2.40. The first-order valence-corrected chi connectivity index (χ1v) is 12.2. The Morgan fingerprint density at radius 1 is 0.889 bits per heavy atom. The van der Waals surface area contributed by atoms with E-state index in [1.807, 2.05) is 42.6 Å². The summed E-state index contributed by atoms with van der Waals surface area (Å²) in [7, 11) is 0. The number of hydrogen-bond donors (Lipinski definition) is 2. The Morgan fingerprint density at radius 3 is 2.42 bits per heavy atom. The van der Waals surface area contributed by atoms with Crippen LogP contribution in [0.1, 0.15) is 11.1 Å². The molecule has 5 aromatic rings. The van der Waals surface area contributed by atoms with Gasteiger partial charge in [-0.05, 0) is 47.2 Å². The first kappa shape index (κ1) is 24.0. The number of benzene rings is 3. The number of nitrogens with one attached hydrogen (secondary N) is 1. The molecule has 0 radical (unpaired) electrons. The molecule has 8 heteroatoms. The lowest BCUT2D eigenvalue weighted by Gasteiger charge is -2.13. The number of nitrogens with two attached hydrogens (primary N) is 1. The van der Waals surface area contributed by atoms with Crippen molar-refractivity contribution >= 4 is 27.2 Å². The maximum atomic E-state index is 12.8. The summed E-state index contributed by atoms with van der Waals surface area (Å²) in [6.45, 7) is 0.436. The molecule has 0 fully saturated rings. The molecule has 4 nitrogen and oxygen atoms in total. The minimum atomic E-state index is -4.34. The normalized spacial score (nSPS) is 12.6. The minimum absolute atomic E-state index is 0.289. The van der Waals surface area contributed by atoms with Crippen LogP contribution in [0.15, 0.2) is 91.3 Å². The number of alkyl halides is 3. The van der Waals surface area contributed by atoms with Gasteiger partial charge in [-0.3, -0.25) is 4.98 Å². The molecule has 0 amide bonds. The first-order chi connectivity index (χ1) is 17.4. The van der Waals surface area contributed by atoms with E-state index >= 15 is 0 Å². The van der Waals surface area contributed by atoms with Crippen molar-refractivity contribution in [3.8, 4) is 21.7 Å². The number of fused-ring (bicyclic) bond motifs is 1. The van der Waals surface area contributed by atoms with Crippen LogP contribution in [-0.4, -0.2) is 22.6 Å². The van der Waals surface area contributed by atoms with E-state index < -0.39 is 11.7 Å². The molecule has 1 atom stereocenters. The molecule has 3 aromatic carbocycles. The number of rotatable bonds is 7. The van der Waals surface area contributed by atoms with Gasteiger partial charge in [0.2, 0.25) is 0 Å².